The minimum absolute atomic E-state index is 0.512. The SMILES string of the molecule is Bc1cnn(-c2c(OC(F)F)c(C(F)(F)C(F)(F)F)nn2C)c1. The first-order valence-corrected chi connectivity index (χ1v) is 5.93. The van der Waals surface area contributed by atoms with Crippen LogP contribution in [0.1, 0.15) is 5.69 Å². The van der Waals surface area contributed by atoms with Crippen LogP contribution >= 0.6 is 0 Å². The Morgan fingerprint density at radius 1 is 1.22 bits per heavy atom. The number of nitrogens with zero attached hydrogens (tertiary/aromatic N) is 4. The lowest BCUT2D eigenvalue weighted by atomic mass is 10.0. The summed E-state index contributed by atoms with van der Waals surface area (Å²) >= 11 is 0. The van der Waals surface area contributed by atoms with Crippen LogP contribution in [0.5, 0.6) is 5.75 Å². The molecule has 0 aromatic carbocycles. The molecule has 5 nitrogen and oxygen atoms in total. The molecule has 2 aromatic heterocycles. The van der Waals surface area contributed by atoms with Crippen molar-refractivity contribution in [3.63, 3.8) is 0 Å². The number of hydrogen-bond donors (Lipinski definition) is 0. The van der Waals surface area contributed by atoms with Crippen molar-refractivity contribution >= 4 is 13.3 Å². The summed E-state index contributed by atoms with van der Waals surface area (Å²) in [6, 6.07) is 0. The molecule has 0 saturated heterocycles. The second kappa shape index (κ2) is 5.46. The molecule has 126 valence electrons. The van der Waals surface area contributed by atoms with Crippen LogP contribution in [0, 0.1) is 0 Å². The number of aryl methyl sites for hydroxylation is 1. The van der Waals surface area contributed by atoms with Crippen molar-refractivity contribution in [1.29, 1.82) is 0 Å². The van der Waals surface area contributed by atoms with Crippen LogP contribution in [0.15, 0.2) is 12.4 Å². The molecule has 0 fully saturated rings. The standard InChI is InChI=1S/C10H8BF7N4O/c1-21-7(22-3-4(11)2-19-22)5(23-8(12)13)6(20-21)9(14,15)10(16,17)18/h2-3,8H,11H2,1H3. The highest BCUT2D eigenvalue weighted by Gasteiger charge is 2.62. The van der Waals surface area contributed by atoms with Gasteiger partial charge in [-0.2, -0.15) is 40.9 Å². The maximum atomic E-state index is 13.5. The third-order valence-electron chi connectivity index (χ3n) is 2.76. The molecule has 0 aliphatic heterocycles. The maximum absolute atomic E-state index is 13.5. The quantitative estimate of drug-likeness (QED) is 0.617. The minimum Gasteiger partial charge on any atom is -0.428 e. The lowest BCUT2D eigenvalue weighted by molar-refractivity contribution is -0.291. The Kier molecular flexibility index (Phi) is 4.07. The van der Waals surface area contributed by atoms with Crippen molar-refractivity contribution in [2.75, 3.05) is 0 Å². The summed E-state index contributed by atoms with van der Waals surface area (Å²) in [5, 5.41) is 6.69. The monoisotopic (exact) mass is 344 g/mol. The van der Waals surface area contributed by atoms with Gasteiger partial charge in [0, 0.05) is 19.4 Å². The molecule has 0 saturated carbocycles. The Bertz CT molecular complexity index is 709. The first-order chi connectivity index (χ1) is 10.4. The van der Waals surface area contributed by atoms with E-state index in [4.69, 9.17) is 0 Å². The van der Waals surface area contributed by atoms with Crippen LogP contribution in [0.2, 0.25) is 0 Å². The minimum atomic E-state index is -6.03. The fraction of sp³-hybridized carbons (Fsp3) is 0.400. The molecule has 0 aliphatic rings. The summed E-state index contributed by atoms with van der Waals surface area (Å²) < 4.78 is 94.8. The van der Waals surface area contributed by atoms with E-state index in [1.54, 1.807) is 7.85 Å². The molecule has 2 rings (SSSR count). The van der Waals surface area contributed by atoms with Crippen molar-refractivity contribution in [2.45, 2.75) is 18.7 Å². The average Bonchev–Trinajstić information content (AvgIpc) is 2.91. The van der Waals surface area contributed by atoms with Gasteiger partial charge in [-0.15, -0.1) is 0 Å². The van der Waals surface area contributed by atoms with E-state index in [1.807, 2.05) is 0 Å². The number of hydrogen-bond acceptors (Lipinski definition) is 3. The van der Waals surface area contributed by atoms with Gasteiger partial charge in [-0.25, -0.2) is 9.36 Å². The van der Waals surface area contributed by atoms with Gasteiger partial charge in [-0.3, -0.25) is 0 Å². The van der Waals surface area contributed by atoms with Crippen LogP contribution in [0.25, 0.3) is 5.82 Å². The summed E-state index contributed by atoms with van der Waals surface area (Å²) in [6.45, 7) is -3.63. The molecule has 2 heterocycles. The van der Waals surface area contributed by atoms with Crippen LogP contribution < -0.4 is 10.2 Å². The summed E-state index contributed by atoms with van der Waals surface area (Å²) in [5.41, 5.74) is -1.45. The molecule has 0 amide bonds. The molecule has 0 bridgehead atoms. The smallest absolute Gasteiger partial charge is 0.428 e. The summed E-state index contributed by atoms with van der Waals surface area (Å²) in [5.74, 6) is -7.46. The van der Waals surface area contributed by atoms with Crippen LogP contribution in [-0.2, 0) is 13.0 Å². The van der Waals surface area contributed by atoms with Gasteiger partial charge in [0.2, 0.25) is 0 Å². The van der Waals surface area contributed by atoms with Gasteiger partial charge >= 0.3 is 18.7 Å². The van der Waals surface area contributed by atoms with Gasteiger partial charge in [0.1, 0.15) is 7.85 Å². The second-order valence-electron chi connectivity index (χ2n) is 4.54. The topological polar surface area (TPSA) is 44.9 Å². The number of aromatic nitrogens is 4. The molecule has 0 N–H and O–H groups in total. The zero-order valence-electron chi connectivity index (χ0n) is 11.6. The molecule has 23 heavy (non-hydrogen) atoms. The summed E-state index contributed by atoms with van der Waals surface area (Å²) in [4.78, 5) is 0. The largest absolute Gasteiger partial charge is 0.459 e. The molecule has 2 aromatic rings. The number of ether oxygens (including phenoxy) is 1. The lowest BCUT2D eigenvalue weighted by Gasteiger charge is -2.18. The Morgan fingerprint density at radius 3 is 2.26 bits per heavy atom. The average molecular weight is 344 g/mol. The van der Waals surface area contributed by atoms with E-state index >= 15 is 0 Å². The summed E-state index contributed by atoms with van der Waals surface area (Å²) in [6.07, 6.45) is -3.55. The maximum Gasteiger partial charge on any atom is 0.459 e. The predicted molar refractivity (Wildman–Crippen MR) is 65.1 cm³/mol. The zero-order valence-corrected chi connectivity index (χ0v) is 11.6. The van der Waals surface area contributed by atoms with Crippen molar-refractivity contribution < 1.29 is 35.5 Å². The van der Waals surface area contributed by atoms with Gasteiger partial charge in [0.25, 0.3) is 0 Å². The van der Waals surface area contributed by atoms with Gasteiger partial charge in [-0.1, -0.05) is 5.46 Å². The normalized spacial score (nSPS) is 12.9. The van der Waals surface area contributed by atoms with Crippen molar-refractivity contribution in [2.24, 2.45) is 7.05 Å². The van der Waals surface area contributed by atoms with Crippen LogP contribution in [0.4, 0.5) is 30.7 Å². The van der Waals surface area contributed by atoms with Gasteiger partial charge in [0.15, 0.2) is 17.3 Å². The molecule has 0 unspecified atom stereocenters. The molecular weight excluding hydrogens is 336 g/mol. The van der Waals surface area contributed by atoms with Crippen LogP contribution in [-0.4, -0.2) is 40.2 Å². The Hall–Kier alpha value is -2.21. The first-order valence-electron chi connectivity index (χ1n) is 5.93. The lowest BCUT2D eigenvalue weighted by Crippen LogP contribution is -2.34. The first kappa shape index (κ1) is 17.2. The fourth-order valence-corrected chi connectivity index (χ4v) is 1.81. The number of rotatable bonds is 4. The molecule has 0 aliphatic carbocycles. The number of alkyl halides is 7. The van der Waals surface area contributed by atoms with Crippen molar-refractivity contribution in [1.82, 2.24) is 19.6 Å². The Morgan fingerprint density at radius 2 is 1.83 bits per heavy atom. The van der Waals surface area contributed by atoms with E-state index in [9.17, 15) is 30.7 Å². The van der Waals surface area contributed by atoms with E-state index in [0.29, 0.717) is 10.1 Å². The summed E-state index contributed by atoms with van der Waals surface area (Å²) in [7, 11) is 2.55. The second-order valence-corrected chi connectivity index (χ2v) is 4.54. The zero-order chi connectivity index (χ0) is 17.6. The predicted octanol–water partition coefficient (Wildman–Crippen LogP) is 1.12. The van der Waals surface area contributed by atoms with Gasteiger partial charge < -0.3 is 4.74 Å². The van der Waals surface area contributed by atoms with E-state index in [1.165, 1.54) is 12.4 Å². The van der Waals surface area contributed by atoms with Crippen LogP contribution in [0.3, 0.4) is 0 Å². The highest BCUT2D eigenvalue weighted by atomic mass is 19.4. The molecular formula is C10H8BF7N4O. The van der Waals surface area contributed by atoms with E-state index in [0.717, 1.165) is 11.7 Å². The Labute approximate surface area is 125 Å². The van der Waals surface area contributed by atoms with Crippen molar-refractivity contribution in [3.05, 3.63) is 18.1 Å². The van der Waals surface area contributed by atoms with Gasteiger partial charge in [0.05, 0.1) is 0 Å². The highest BCUT2D eigenvalue weighted by molar-refractivity contribution is 6.31. The van der Waals surface area contributed by atoms with Crippen molar-refractivity contribution in [3.8, 4) is 11.6 Å². The van der Waals surface area contributed by atoms with E-state index < -0.39 is 36.0 Å². The van der Waals surface area contributed by atoms with E-state index in [-0.39, 0.29) is 0 Å². The highest BCUT2D eigenvalue weighted by Crippen LogP contribution is 2.48. The third kappa shape index (κ3) is 2.99. The number of halogens is 7. The molecule has 0 spiro atoms. The molecule has 0 radical (unpaired) electrons. The fourth-order valence-electron chi connectivity index (χ4n) is 1.81. The van der Waals surface area contributed by atoms with E-state index in [2.05, 4.69) is 14.9 Å². The molecule has 13 heteroatoms. The Balaban J connectivity index is 2.70. The van der Waals surface area contributed by atoms with Gasteiger partial charge in [-0.05, 0) is 0 Å². The third-order valence-corrected chi connectivity index (χ3v) is 2.76. The molecule has 0 atom stereocenters.